The van der Waals surface area contributed by atoms with Gasteiger partial charge in [0.2, 0.25) is 0 Å². The monoisotopic (exact) mass is 383 g/mol. The third-order valence-electron chi connectivity index (χ3n) is 5.26. The molecule has 1 N–H and O–H groups in total. The lowest BCUT2D eigenvalue weighted by molar-refractivity contribution is 0.170. The van der Waals surface area contributed by atoms with Gasteiger partial charge in [0.25, 0.3) is 0 Å². The van der Waals surface area contributed by atoms with Gasteiger partial charge in [-0.1, -0.05) is 12.1 Å². The Morgan fingerprint density at radius 2 is 1.93 bits per heavy atom. The molecule has 0 aliphatic carbocycles. The van der Waals surface area contributed by atoms with Gasteiger partial charge in [-0.25, -0.2) is 4.79 Å². The van der Waals surface area contributed by atoms with E-state index in [0.717, 1.165) is 50.0 Å². The van der Waals surface area contributed by atoms with Gasteiger partial charge in [0.1, 0.15) is 0 Å². The predicted octanol–water partition coefficient (Wildman–Crippen LogP) is 3.31. The molecule has 0 atom stereocenters. The highest BCUT2D eigenvalue weighted by molar-refractivity contribution is 5.74. The normalized spacial score (nSPS) is 14.6. The van der Waals surface area contributed by atoms with E-state index in [1.807, 2.05) is 41.4 Å². The number of ether oxygens (including phenoxy) is 2. The minimum Gasteiger partial charge on any atom is -0.493 e. The van der Waals surface area contributed by atoms with Crippen molar-refractivity contribution < 1.29 is 14.3 Å². The number of nitrogens with one attached hydrogen (secondary N) is 1. The maximum Gasteiger partial charge on any atom is 0.317 e. The van der Waals surface area contributed by atoms with Crippen LogP contribution in [-0.4, -0.2) is 49.8 Å². The van der Waals surface area contributed by atoms with E-state index in [-0.39, 0.29) is 6.03 Å². The van der Waals surface area contributed by atoms with Gasteiger partial charge in [0, 0.05) is 31.5 Å². The first-order valence-electron chi connectivity index (χ1n) is 9.83. The first kappa shape index (κ1) is 20.0. The number of carbonyl (C=O) groups excluding carboxylic acids is 1. The zero-order chi connectivity index (χ0) is 19.8. The minimum absolute atomic E-state index is 0.0248. The Morgan fingerprint density at radius 3 is 2.61 bits per heavy atom. The molecular formula is C22H29N3O3. The Labute approximate surface area is 166 Å². The summed E-state index contributed by atoms with van der Waals surface area (Å²) < 4.78 is 10.6. The molecule has 0 unspecified atom stereocenters. The van der Waals surface area contributed by atoms with Crippen LogP contribution in [0.15, 0.2) is 42.6 Å². The van der Waals surface area contributed by atoms with Gasteiger partial charge in [0.05, 0.1) is 14.2 Å². The number of methoxy groups -OCH3 is 2. The molecule has 0 bridgehead atoms. The lowest BCUT2D eigenvalue weighted by Crippen LogP contribution is -2.45. The van der Waals surface area contributed by atoms with Gasteiger partial charge in [-0.15, -0.1) is 0 Å². The number of aromatic nitrogens is 1. The maximum absolute atomic E-state index is 12.4. The standard InChI is InChI=1S/C22H29N3O3/c1-27-20-7-6-17(16-21(20)28-2)8-12-24-22(26)25-13-9-18(10-14-25)15-19-5-3-4-11-23-19/h3-7,11,16,18H,8-10,12-15H2,1-2H3,(H,24,26). The van der Waals surface area contributed by atoms with Crippen LogP contribution in [0.2, 0.25) is 0 Å². The maximum atomic E-state index is 12.4. The van der Waals surface area contributed by atoms with Crippen molar-refractivity contribution in [2.45, 2.75) is 25.7 Å². The van der Waals surface area contributed by atoms with Gasteiger partial charge in [0.15, 0.2) is 11.5 Å². The van der Waals surface area contributed by atoms with E-state index in [0.29, 0.717) is 24.0 Å². The topological polar surface area (TPSA) is 63.7 Å². The van der Waals surface area contributed by atoms with E-state index in [1.165, 1.54) is 0 Å². The highest BCUT2D eigenvalue weighted by atomic mass is 16.5. The van der Waals surface area contributed by atoms with Crippen LogP contribution in [0.1, 0.15) is 24.1 Å². The average molecular weight is 383 g/mol. The first-order chi connectivity index (χ1) is 13.7. The zero-order valence-electron chi connectivity index (χ0n) is 16.7. The second-order valence-electron chi connectivity index (χ2n) is 7.13. The quantitative estimate of drug-likeness (QED) is 0.797. The van der Waals surface area contributed by atoms with Crippen molar-refractivity contribution in [2.24, 2.45) is 5.92 Å². The van der Waals surface area contributed by atoms with Crippen LogP contribution in [-0.2, 0) is 12.8 Å². The third-order valence-corrected chi connectivity index (χ3v) is 5.26. The van der Waals surface area contributed by atoms with Gasteiger partial charge in [-0.2, -0.15) is 0 Å². The fourth-order valence-corrected chi connectivity index (χ4v) is 3.62. The van der Waals surface area contributed by atoms with E-state index in [9.17, 15) is 4.79 Å². The molecule has 2 amide bonds. The lowest BCUT2D eigenvalue weighted by atomic mass is 9.92. The van der Waals surface area contributed by atoms with Crippen molar-refractivity contribution in [3.8, 4) is 11.5 Å². The molecule has 28 heavy (non-hydrogen) atoms. The lowest BCUT2D eigenvalue weighted by Gasteiger charge is -2.32. The summed E-state index contributed by atoms with van der Waals surface area (Å²) in [6, 6.07) is 11.9. The number of piperidine rings is 1. The second-order valence-corrected chi connectivity index (χ2v) is 7.13. The smallest absolute Gasteiger partial charge is 0.317 e. The number of rotatable bonds is 7. The number of urea groups is 1. The molecule has 2 heterocycles. The van der Waals surface area contributed by atoms with Gasteiger partial charge in [-0.3, -0.25) is 4.98 Å². The van der Waals surface area contributed by atoms with Crippen LogP contribution in [0.25, 0.3) is 0 Å². The number of hydrogen-bond donors (Lipinski definition) is 1. The summed E-state index contributed by atoms with van der Waals surface area (Å²) in [4.78, 5) is 18.8. The van der Waals surface area contributed by atoms with Crippen LogP contribution in [0.5, 0.6) is 11.5 Å². The molecule has 6 nitrogen and oxygen atoms in total. The van der Waals surface area contributed by atoms with Crippen molar-refractivity contribution in [3.63, 3.8) is 0 Å². The fourth-order valence-electron chi connectivity index (χ4n) is 3.62. The fraction of sp³-hybridized carbons (Fsp3) is 0.455. The predicted molar refractivity (Wildman–Crippen MR) is 109 cm³/mol. The van der Waals surface area contributed by atoms with Gasteiger partial charge in [-0.05, 0) is 61.4 Å². The molecule has 3 rings (SSSR count). The molecule has 1 aromatic carbocycles. The van der Waals surface area contributed by atoms with E-state index >= 15 is 0 Å². The minimum atomic E-state index is 0.0248. The summed E-state index contributed by atoms with van der Waals surface area (Å²) in [5.74, 6) is 2.02. The summed E-state index contributed by atoms with van der Waals surface area (Å²) in [5.41, 5.74) is 2.24. The molecule has 0 spiro atoms. The highest BCUT2D eigenvalue weighted by Gasteiger charge is 2.23. The molecular weight excluding hydrogens is 354 g/mol. The van der Waals surface area contributed by atoms with Crippen LogP contribution >= 0.6 is 0 Å². The molecule has 150 valence electrons. The largest absolute Gasteiger partial charge is 0.493 e. The average Bonchev–Trinajstić information content (AvgIpc) is 2.74. The number of hydrogen-bond acceptors (Lipinski definition) is 4. The molecule has 1 saturated heterocycles. The molecule has 1 aliphatic heterocycles. The van der Waals surface area contributed by atoms with Crippen LogP contribution in [0.3, 0.4) is 0 Å². The number of likely N-dealkylation sites (tertiary alicyclic amines) is 1. The molecule has 2 aromatic rings. The number of nitrogens with zero attached hydrogens (tertiary/aromatic N) is 2. The van der Waals surface area contributed by atoms with Crippen molar-refractivity contribution >= 4 is 6.03 Å². The van der Waals surface area contributed by atoms with E-state index in [2.05, 4.69) is 16.4 Å². The molecule has 6 heteroatoms. The zero-order valence-corrected chi connectivity index (χ0v) is 16.7. The molecule has 1 fully saturated rings. The molecule has 0 radical (unpaired) electrons. The second kappa shape index (κ2) is 9.97. The van der Waals surface area contributed by atoms with E-state index in [1.54, 1.807) is 14.2 Å². The Kier molecular flexibility index (Phi) is 7.12. The van der Waals surface area contributed by atoms with Crippen molar-refractivity contribution in [2.75, 3.05) is 33.9 Å². The van der Waals surface area contributed by atoms with Crippen molar-refractivity contribution in [1.82, 2.24) is 15.2 Å². The molecule has 0 saturated carbocycles. The summed E-state index contributed by atoms with van der Waals surface area (Å²) in [7, 11) is 3.25. The Hall–Kier alpha value is -2.76. The Bertz CT molecular complexity index is 759. The number of pyridine rings is 1. The summed E-state index contributed by atoms with van der Waals surface area (Å²) >= 11 is 0. The number of carbonyl (C=O) groups is 1. The SMILES string of the molecule is COc1ccc(CCNC(=O)N2CCC(Cc3ccccn3)CC2)cc1OC. The Morgan fingerprint density at radius 1 is 1.14 bits per heavy atom. The summed E-state index contributed by atoms with van der Waals surface area (Å²) in [5, 5.41) is 3.03. The molecule has 1 aliphatic rings. The Balaban J connectivity index is 1.40. The van der Waals surface area contributed by atoms with E-state index in [4.69, 9.17) is 9.47 Å². The van der Waals surface area contributed by atoms with Crippen LogP contribution in [0.4, 0.5) is 4.79 Å². The molecule has 1 aromatic heterocycles. The number of benzene rings is 1. The van der Waals surface area contributed by atoms with Crippen LogP contribution < -0.4 is 14.8 Å². The van der Waals surface area contributed by atoms with Gasteiger partial charge < -0.3 is 19.7 Å². The number of amides is 2. The van der Waals surface area contributed by atoms with Crippen LogP contribution in [0, 0.1) is 5.92 Å². The first-order valence-corrected chi connectivity index (χ1v) is 9.83. The van der Waals surface area contributed by atoms with Crippen molar-refractivity contribution in [3.05, 3.63) is 53.9 Å². The summed E-state index contributed by atoms with van der Waals surface area (Å²) in [6.07, 6.45) is 5.65. The summed E-state index contributed by atoms with van der Waals surface area (Å²) in [6.45, 7) is 2.21. The van der Waals surface area contributed by atoms with E-state index < -0.39 is 0 Å². The van der Waals surface area contributed by atoms with Gasteiger partial charge >= 0.3 is 6.03 Å². The third kappa shape index (κ3) is 5.38. The highest BCUT2D eigenvalue weighted by Crippen LogP contribution is 2.27. The van der Waals surface area contributed by atoms with Crippen molar-refractivity contribution in [1.29, 1.82) is 0 Å².